The largest absolute Gasteiger partial charge is 3.00 e. The van der Waals surface area contributed by atoms with Gasteiger partial charge < -0.3 is 4.28 Å². The second-order valence-electron chi connectivity index (χ2n) is 5.41. The van der Waals surface area contributed by atoms with Gasteiger partial charge in [0.2, 0.25) is 0 Å². The molecule has 0 unspecified atom stereocenters. The molecule has 1 aromatic rings. The van der Waals surface area contributed by atoms with Crippen molar-refractivity contribution in [3.8, 4) is 0 Å². The van der Waals surface area contributed by atoms with Crippen molar-refractivity contribution >= 4 is 0 Å². The van der Waals surface area contributed by atoms with Gasteiger partial charge in [-0.25, -0.2) is 0 Å². The van der Waals surface area contributed by atoms with Crippen molar-refractivity contribution in [2.45, 2.75) is 53.4 Å². The summed E-state index contributed by atoms with van der Waals surface area (Å²) in [7, 11) is 0. The first-order valence-corrected chi connectivity index (χ1v) is 5.46. The fraction of sp³-hybridized carbons (Fsp3) is 0.571. The summed E-state index contributed by atoms with van der Waals surface area (Å²) >= 11 is 0. The van der Waals surface area contributed by atoms with Crippen LogP contribution in [0.5, 0.6) is 0 Å². The molecule has 0 atom stereocenters. The molecule has 88 valence electrons. The van der Waals surface area contributed by atoms with Gasteiger partial charge in [-0.1, -0.05) is 13.8 Å². The Bertz CT molecular complexity index is 403. The fourth-order valence-corrected chi connectivity index (χ4v) is 2.95. The van der Waals surface area contributed by atoms with E-state index < -0.39 is 0 Å². The smallest absolute Gasteiger partial charge is 1.00 e. The molecule has 1 aromatic carbocycles. The van der Waals surface area contributed by atoms with Crippen molar-refractivity contribution in [3.63, 3.8) is 0 Å². The first-order valence-electron chi connectivity index (χ1n) is 5.46. The van der Waals surface area contributed by atoms with Crippen LogP contribution in [-0.2, 0) is 31.3 Å². The van der Waals surface area contributed by atoms with Crippen LogP contribution < -0.4 is 0 Å². The Morgan fingerprint density at radius 1 is 0.867 bits per heavy atom. The van der Waals surface area contributed by atoms with Gasteiger partial charge in [-0.15, -0.1) is 0 Å². The summed E-state index contributed by atoms with van der Waals surface area (Å²) in [5.74, 6) is 0. The molecule has 1 aliphatic rings. The third-order valence-electron chi connectivity index (χ3n) is 4.11. The van der Waals surface area contributed by atoms with Crippen molar-refractivity contribution in [2.75, 3.05) is 0 Å². The van der Waals surface area contributed by atoms with Gasteiger partial charge in [0.25, 0.3) is 0 Å². The van der Waals surface area contributed by atoms with Crippen LogP contribution in [-0.4, -0.2) is 0 Å². The average Bonchev–Trinajstić information content (AvgIpc) is 2.09. The number of hydrogen-bond acceptors (Lipinski definition) is 0. The Morgan fingerprint density at radius 3 is 1.80 bits per heavy atom. The minimum atomic E-state index is 0. The Balaban J connectivity index is -0.000000562. The van der Waals surface area contributed by atoms with Crippen LogP contribution in [0.3, 0.4) is 0 Å². The van der Waals surface area contributed by atoms with E-state index >= 15 is 0 Å². The summed E-state index contributed by atoms with van der Waals surface area (Å²) in [5, 5.41) is 0. The van der Waals surface area contributed by atoms with E-state index in [1.54, 1.807) is 11.1 Å². The van der Waals surface area contributed by atoms with Gasteiger partial charge in [-0.3, -0.25) is 0 Å². The SMILES string of the molecule is Cc1c(C)c(C)c2c(c1C)CC2(C)C.[H-].[H-].[H-].[Rh+3]. The van der Waals surface area contributed by atoms with Gasteiger partial charge in [0.1, 0.15) is 0 Å². The topological polar surface area (TPSA) is 0 Å². The molecular formula is C14H23Rh. The molecule has 0 nitrogen and oxygen atoms in total. The first kappa shape index (κ1) is 12.9. The quantitative estimate of drug-likeness (QED) is 0.632. The van der Waals surface area contributed by atoms with Gasteiger partial charge in [0.05, 0.1) is 0 Å². The number of hydrogen-bond donors (Lipinski definition) is 0. The normalized spacial score (nSPS) is 16.4. The van der Waals surface area contributed by atoms with E-state index in [4.69, 9.17) is 0 Å². The van der Waals surface area contributed by atoms with E-state index in [0.717, 1.165) is 0 Å². The molecule has 0 heterocycles. The molecule has 0 fully saturated rings. The predicted octanol–water partition coefficient (Wildman–Crippen LogP) is 4.09. The molecule has 0 bridgehead atoms. The number of rotatable bonds is 0. The summed E-state index contributed by atoms with van der Waals surface area (Å²) in [6.45, 7) is 13.8. The maximum atomic E-state index is 2.36. The second-order valence-corrected chi connectivity index (χ2v) is 5.41. The minimum Gasteiger partial charge on any atom is -1.00 e. The van der Waals surface area contributed by atoms with E-state index in [0.29, 0.717) is 5.41 Å². The zero-order valence-corrected chi connectivity index (χ0v) is 12.2. The standard InChI is InChI=1S/C14H20.Rh.3H/c1-8-9(2)11(4)13-12(10(8)3)7-14(13,5)6;;;;/h7H2,1-6H3;;;;/q;+3;3*-1. The van der Waals surface area contributed by atoms with Gasteiger partial charge in [0, 0.05) is 0 Å². The Hall–Kier alpha value is -0.157. The van der Waals surface area contributed by atoms with Gasteiger partial charge in [-0.2, -0.15) is 0 Å². The molecule has 15 heavy (non-hydrogen) atoms. The van der Waals surface area contributed by atoms with Crippen molar-refractivity contribution < 1.29 is 23.8 Å². The first-order chi connectivity index (χ1) is 6.36. The number of benzene rings is 1. The zero-order valence-electron chi connectivity index (χ0n) is 13.5. The monoisotopic (exact) mass is 294 g/mol. The van der Waals surface area contributed by atoms with E-state index in [-0.39, 0.29) is 23.8 Å². The van der Waals surface area contributed by atoms with Gasteiger partial charge in [0.15, 0.2) is 0 Å². The van der Waals surface area contributed by atoms with Crippen molar-refractivity contribution in [2.24, 2.45) is 0 Å². The van der Waals surface area contributed by atoms with Crippen molar-refractivity contribution in [1.82, 2.24) is 0 Å². The van der Waals surface area contributed by atoms with Crippen LogP contribution in [0.4, 0.5) is 0 Å². The molecule has 1 aliphatic carbocycles. The van der Waals surface area contributed by atoms with Gasteiger partial charge >= 0.3 is 19.5 Å². The van der Waals surface area contributed by atoms with Crippen LogP contribution in [0.25, 0.3) is 0 Å². The minimum absolute atomic E-state index is 0. The summed E-state index contributed by atoms with van der Waals surface area (Å²) in [4.78, 5) is 0. The zero-order chi connectivity index (χ0) is 10.7. The van der Waals surface area contributed by atoms with Crippen molar-refractivity contribution in [1.29, 1.82) is 0 Å². The van der Waals surface area contributed by atoms with Crippen LogP contribution >= 0.6 is 0 Å². The number of fused-ring (bicyclic) bond motifs is 1. The maximum absolute atomic E-state index is 2.36. The van der Waals surface area contributed by atoms with E-state index in [9.17, 15) is 0 Å². The Morgan fingerprint density at radius 2 is 1.33 bits per heavy atom. The summed E-state index contributed by atoms with van der Waals surface area (Å²) in [6.07, 6.45) is 1.26. The molecule has 0 saturated carbocycles. The van der Waals surface area contributed by atoms with Crippen molar-refractivity contribution in [3.05, 3.63) is 33.4 Å². The average molecular weight is 294 g/mol. The van der Waals surface area contributed by atoms with E-state index in [1.807, 2.05) is 0 Å². The third kappa shape index (κ3) is 1.60. The van der Waals surface area contributed by atoms with Crippen LogP contribution in [0.15, 0.2) is 0 Å². The van der Waals surface area contributed by atoms with Crippen LogP contribution in [0.1, 0.15) is 51.5 Å². The Labute approximate surface area is 111 Å². The molecule has 1 heteroatoms. The molecule has 2 rings (SSSR count). The summed E-state index contributed by atoms with van der Waals surface area (Å²) < 4.78 is 0. The molecule has 0 amide bonds. The maximum Gasteiger partial charge on any atom is 3.00 e. The molecule has 0 aromatic heterocycles. The van der Waals surface area contributed by atoms with Gasteiger partial charge in [-0.05, 0) is 72.9 Å². The van der Waals surface area contributed by atoms with E-state index in [1.165, 1.54) is 28.7 Å². The fourth-order valence-electron chi connectivity index (χ4n) is 2.95. The summed E-state index contributed by atoms with van der Waals surface area (Å²) in [6, 6.07) is 0. The molecule has 0 radical (unpaired) electrons. The predicted molar refractivity (Wildman–Crippen MR) is 65.5 cm³/mol. The molecule has 0 saturated heterocycles. The molecule has 0 N–H and O–H groups in total. The third-order valence-corrected chi connectivity index (χ3v) is 4.11. The summed E-state index contributed by atoms with van der Waals surface area (Å²) in [5.41, 5.74) is 9.71. The van der Waals surface area contributed by atoms with Crippen LogP contribution in [0.2, 0.25) is 0 Å². The molecule has 0 aliphatic heterocycles. The molecule has 0 spiro atoms. The molecular weight excluding hydrogens is 271 g/mol. The van der Waals surface area contributed by atoms with Crippen LogP contribution in [0, 0.1) is 27.7 Å². The second kappa shape index (κ2) is 3.70. The Kier molecular flexibility index (Phi) is 3.18. The van der Waals surface area contributed by atoms with E-state index in [2.05, 4.69) is 41.5 Å².